The number of alkyl halides is 3. The van der Waals surface area contributed by atoms with Gasteiger partial charge in [0.25, 0.3) is 0 Å². The smallest absolute Gasteiger partial charge is 0.370 e. The van der Waals surface area contributed by atoms with Gasteiger partial charge in [-0.1, -0.05) is 0 Å². The average molecular weight is 276 g/mol. The monoisotopic (exact) mass is 276 g/mol. The van der Waals surface area contributed by atoms with Crippen LogP contribution in [0.3, 0.4) is 0 Å². The molecule has 1 aliphatic rings. The molecule has 1 aliphatic heterocycles. The van der Waals surface area contributed by atoms with Crippen LogP contribution in [0.1, 0.15) is 12.6 Å². The van der Waals surface area contributed by atoms with Crippen molar-refractivity contribution < 1.29 is 17.9 Å². The van der Waals surface area contributed by atoms with Crippen LogP contribution in [0.5, 0.6) is 0 Å². The predicted molar refractivity (Wildman–Crippen MR) is 62.6 cm³/mol. The topological polar surface area (TPSA) is 64.3 Å². The Morgan fingerprint density at radius 2 is 2.21 bits per heavy atom. The van der Waals surface area contributed by atoms with Crippen molar-refractivity contribution >= 4 is 5.95 Å². The third-order valence-corrected chi connectivity index (χ3v) is 2.81. The van der Waals surface area contributed by atoms with Gasteiger partial charge in [-0.2, -0.15) is 13.2 Å². The summed E-state index contributed by atoms with van der Waals surface area (Å²) in [4.78, 5) is 9.13. The third kappa shape index (κ3) is 3.32. The Hall–Kier alpha value is -1.41. The molecule has 0 amide bonds. The molecule has 2 atom stereocenters. The zero-order chi connectivity index (χ0) is 14.0. The minimum atomic E-state index is -4.47. The minimum Gasteiger partial charge on any atom is -0.370 e. The van der Waals surface area contributed by atoms with Crippen LogP contribution in [0.15, 0.2) is 12.3 Å². The Labute approximate surface area is 108 Å². The number of rotatable bonds is 2. The molecule has 0 aliphatic carbocycles. The fourth-order valence-electron chi connectivity index (χ4n) is 2.00. The molecule has 1 aromatic rings. The van der Waals surface area contributed by atoms with Crippen molar-refractivity contribution in [1.29, 1.82) is 0 Å². The number of nitrogens with two attached hydrogens (primary N) is 1. The van der Waals surface area contributed by atoms with Gasteiger partial charge in [0.05, 0.1) is 12.2 Å². The third-order valence-electron chi connectivity index (χ3n) is 2.81. The van der Waals surface area contributed by atoms with Gasteiger partial charge in [-0.05, 0) is 13.0 Å². The molecule has 2 unspecified atom stereocenters. The largest absolute Gasteiger partial charge is 0.433 e. The van der Waals surface area contributed by atoms with E-state index in [1.54, 1.807) is 4.90 Å². The van der Waals surface area contributed by atoms with Crippen molar-refractivity contribution in [3.8, 4) is 0 Å². The summed E-state index contributed by atoms with van der Waals surface area (Å²) in [6.45, 7) is 2.97. The Bertz CT molecular complexity index is 440. The number of hydrogen-bond donors (Lipinski definition) is 1. The lowest BCUT2D eigenvalue weighted by Crippen LogP contribution is -2.50. The molecule has 2 N–H and O–H groups in total. The Kier molecular flexibility index (Phi) is 3.91. The Morgan fingerprint density at radius 3 is 2.84 bits per heavy atom. The highest BCUT2D eigenvalue weighted by Crippen LogP contribution is 2.28. The van der Waals surface area contributed by atoms with E-state index in [1.807, 2.05) is 6.92 Å². The summed E-state index contributed by atoms with van der Waals surface area (Å²) in [6, 6.07) is 0.855. The number of halogens is 3. The van der Waals surface area contributed by atoms with Crippen LogP contribution in [0.4, 0.5) is 19.1 Å². The van der Waals surface area contributed by atoms with E-state index in [9.17, 15) is 13.2 Å². The van der Waals surface area contributed by atoms with Crippen LogP contribution >= 0.6 is 0 Å². The van der Waals surface area contributed by atoms with Crippen LogP contribution in [0, 0.1) is 0 Å². The van der Waals surface area contributed by atoms with Gasteiger partial charge in [-0.3, -0.25) is 0 Å². The van der Waals surface area contributed by atoms with Crippen molar-refractivity contribution in [3.05, 3.63) is 18.0 Å². The normalized spacial score (nSPS) is 24.6. The highest BCUT2D eigenvalue weighted by atomic mass is 19.4. The first-order valence-corrected chi connectivity index (χ1v) is 5.91. The van der Waals surface area contributed by atoms with Crippen molar-refractivity contribution in [3.63, 3.8) is 0 Å². The molecule has 0 spiro atoms. The van der Waals surface area contributed by atoms with Crippen LogP contribution in [-0.4, -0.2) is 41.8 Å². The second kappa shape index (κ2) is 5.30. The molecule has 2 heterocycles. The first-order chi connectivity index (χ1) is 8.90. The van der Waals surface area contributed by atoms with Gasteiger partial charge in [0.2, 0.25) is 5.95 Å². The number of aromatic nitrogens is 2. The Balaban J connectivity index is 2.21. The average Bonchev–Trinajstić information content (AvgIpc) is 2.37. The second-order valence-corrected chi connectivity index (χ2v) is 4.45. The van der Waals surface area contributed by atoms with E-state index in [0.29, 0.717) is 19.6 Å². The minimum absolute atomic E-state index is 0.0587. The van der Waals surface area contributed by atoms with Gasteiger partial charge < -0.3 is 15.4 Å². The van der Waals surface area contributed by atoms with Gasteiger partial charge in [-0.25, -0.2) is 9.97 Å². The molecule has 19 heavy (non-hydrogen) atoms. The SMILES string of the molecule is CC1CN(c2nccc(C(F)(F)F)n2)CC(CN)O1. The van der Waals surface area contributed by atoms with Gasteiger partial charge in [0.1, 0.15) is 5.69 Å². The molecule has 1 fully saturated rings. The van der Waals surface area contributed by atoms with Crippen LogP contribution in [0.2, 0.25) is 0 Å². The standard InChI is InChI=1S/C11H15F3N4O/c1-7-5-18(6-8(4-15)19-7)10-16-3-2-9(17-10)11(12,13)14/h2-3,7-8H,4-6,15H2,1H3. The number of hydrogen-bond acceptors (Lipinski definition) is 5. The van der Waals surface area contributed by atoms with Gasteiger partial charge >= 0.3 is 6.18 Å². The number of anilines is 1. The fourth-order valence-corrected chi connectivity index (χ4v) is 2.00. The summed E-state index contributed by atoms with van der Waals surface area (Å²) in [6.07, 6.45) is -3.70. The maximum atomic E-state index is 12.6. The Morgan fingerprint density at radius 1 is 1.47 bits per heavy atom. The number of ether oxygens (including phenoxy) is 1. The quantitative estimate of drug-likeness (QED) is 0.874. The van der Waals surface area contributed by atoms with Crippen molar-refractivity contribution in [2.45, 2.75) is 25.3 Å². The number of nitrogens with zero attached hydrogens (tertiary/aromatic N) is 3. The lowest BCUT2D eigenvalue weighted by molar-refractivity contribution is -0.141. The summed E-state index contributed by atoms with van der Waals surface area (Å²) in [5.74, 6) is 0.0587. The first kappa shape index (κ1) is 14.0. The lowest BCUT2D eigenvalue weighted by Gasteiger charge is -2.36. The number of morpholine rings is 1. The summed E-state index contributed by atoms with van der Waals surface area (Å²) in [5.41, 5.74) is 4.59. The second-order valence-electron chi connectivity index (χ2n) is 4.45. The molecule has 8 heteroatoms. The molecule has 5 nitrogen and oxygen atoms in total. The van der Waals surface area contributed by atoms with Gasteiger partial charge in [0, 0.05) is 25.8 Å². The fraction of sp³-hybridized carbons (Fsp3) is 0.636. The zero-order valence-electron chi connectivity index (χ0n) is 10.4. The van der Waals surface area contributed by atoms with Crippen LogP contribution in [0.25, 0.3) is 0 Å². The molecule has 1 saturated heterocycles. The molecule has 1 aromatic heterocycles. The molecule has 0 aromatic carbocycles. The van der Waals surface area contributed by atoms with Crippen molar-refractivity contribution in [1.82, 2.24) is 9.97 Å². The molecule has 106 valence electrons. The molecule has 0 radical (unpaired) electrons. The molecule has 2 rings (SSSR count). The maximum absolute atomic E-state index is 12.6. The summed E-state index contributed by atoms with van der Waals surface area (Å²) >= 11 is 0. The molecular formula is C11H15F3N4O. The summed E-state index contributed by atoms with van der Waals surface area (Å²) in [5, 5.41) is 0. The first-order valence-electron chi connectivity index (χ1n) is 5.91. The lowest BCUT2D eigenvalue weighted by atomic mass is 10.2. The molecule has 0 bridgehead atoms. The van der Waals surface area contributed by atoms with Crippen LogP contribution < -0.4 is 10.6 Å². The van der Waals surface area contributed by atoms with Crippen molar-refractivity contribution in [2.75, 3.05) is 24.5 Å². The van der Waals surface area contributed by atoms with E-state index < -0.39 is 11.9 Å². The maximum Gasteiger partial charge on any atom is 0.433 e. The van der Waals surface area contributed by atoms with Crippen LogP contribution in [-0.2, 0) is 10.9 Å². The molecular weight excluding hydrogens is 261 g/mol. The van der Waals surface area contributed by atoms with E-state index in [4.69, 9.17) is 10.5 Å². The van der Waals surface area contributed by atoms with Gasteiger partial charge in [-0.15, -0.1) is 0 Å². The van der Waals surface area contributed by atoms with Gasteiger partial charge in [0.15, 0.2) is 0 Å². The van der Waals surface area contributed by atoms with E-state index in [1.165, 1.54) is 0 Å². The summed E-state index contributed by atoms with van der Waals surface area (Å²) < 4.78 is 43.3. The van der Waals surface area contributed by atoms with Crippen molar-refractivity contribution in [2.24, 2.45) is 5.73 Å². The highest BCUT2D eigenvalue weighted by Gasteiger charge is 2.34. The molecule has 0 saturated carbocycles. The van der Waals surface area contributed by atoms with E-state index in [2.05, 4.69) is 9.97 Å². The van der Waals surface area contributed by atoms with E-state index in [-0.39, 0.29) is 18.2 Å². The predicted octanol–water partition coefficient (Wildman–Crippen LogP) is 1.05. The highest BCUT2D eigenvalue weighted by molar-refractivity contribution is 5.32. The zero-order valence-corrected chi connectivity index (χ0v) is 10.4. The van der Waals surface area contributed by atoms with E-state index >= 15 is 0 Å². The van der Waals surface area contributed by atoms with E-state index in [0.717, 1.165) is 12.3 Å². The summed E-state index contributed by atoms with van der Waals surface area (Å²) in [7, 11) is 0.